The number of amides is 1. The molecule has 8 heteroatoms. The second-order valence-corrected chi connectivity index (χ2v) is 9.70. The van der Waals surface area contributed by atoms with E-state index in [1.807, 2.05) is 18.2 Å². The quantitative estimate of drug-likeness (QED) is 0.583. The van der Waals surface area contributed by atoms with Crippen LogP contribution in [0.4, 0.5) is 5.13 Å². The van der Waals surface area contributed by atoms with Crippen molar-refractivity contribution in [3.05, 3.63) is 57.5 Å². The maximum atomic E-state index is 12.8. The average Bonchev–Trinajstić information content (AvgIpc) is 3.27. The lowest BCUT2D eigenvalue weighted by atomic mass is 9.96. The number of anilines is 1. The molecule has 0 radical (unpaired) electrons. The lowest BCUT2D eigenvalue weighted by Gasteiger charge is -2.30. The SMILES string of the molecule is O=C(NCCCc1ccccc1)C1CCN(c2nn3c(=O)c4c(nc3s2)CCCC4)CC1. The molecular formula is C24H29N5O2S. The van der Waals surface area contributed by atoms with Crippen molar-refractivity contribution in [1.29, 1.82) is 0 Å². The van der Waals surface area contributed by atoms with Gasteiger partial charge >= 0.3 is 0 Å². The number of carbonyl (C=O) groups is 1. The Balaban J connectivity index is 1.15. The molecule has 2 aliphatic rings. The number of aromatic nitrogens is 3. The Labute approximate surface area is 191 Å². The van der Waals surface area contributed by atoms with Crippen molar-refractivity contribution in [2.75, 3.05) is 24.5 Å². The van der Waals surface area contributed by atoms with Gasteiger partial charge in [0.05, 0.1) is 5.69 Å². The molecular weight excluding hydrogens is 422 g/mol. The Hall–Kier alpha value is -2.74. The summed E-state index contributed by atoms with van der Waals surface area (Å²) in [5.41, 5.74) is 3.10. The van der Waals surface area contributed by atoms with Crippen LogP contribution in [0.25, 0.3) is 4.96 Å². The maximum absolute atomic E-state index is 12.8. The highest BCUT2D eigenvalue weighted by molar-refractivity contribution is 7.20. The van der Waals surface area contributed by atoms with E-state index < -0.39 is 0 Å². The Kier molecular flexibility index (Phi) is 6.21. The lowest BCUT2D eigenvalue weighted by molar-refractivity contribution is -0.125. The van der Waals surface area contributed by atoms with Gasteiger partial charge in [0.1, 0.15) is 0 Å². The van der Waals surface area contributed by atoms with E-state index in [1.54, 1.807) is 0 Å². The number of aryl methyl sites for hydroxylation is 2. The fourth-order valence-electron chi connectivity index (χ4n) is 4.72. The van der Waals surface area contributed by atoms with Crippen LogP contribution in [0.1, 0.15) is 48.9 Å². The zero-order valence-corrected chi connectivity index (χ0v) is 19.1. The van der Waals surface area contributed by atoms with Crippen molar-refractivity contribution in [2.24, 2.45) is 5.92 Å². The van der Waals surface area contributed by atoms with E-state index >= 15 is 0 Å². The molecule has 1 fully saturated rings. The minimum Gasteiger partial charge on any atom is -0.356 e. The number of benzene rings is 1. The Morgan fingerprint density at radius 3 is 2.72 bits per heavy atom. The van der Waals surface area contributed by atoms with E-state index in [2.05, 4.69) is 27.4 Å². The molecule has 32 heavy (non-hydrogen) atoms. The zero-order chi connectivity index (χ0) is 21.9. The highest BCUT2D eigenvalue weighted by atomic mass is 32.1. The van der Waals surface area contributed by atoms with Crippen LogP contribution in [0.3, 0.4) is 0 Å². The number of carbonyl (C=O) groups excluding carboxylic acids is 1. The van der Waals surface area contributed by atoms with Crippen molar-refractivity contribution < 1.29 is 4.79 Å². The first kappa shape index (κ1) is 21.1. The molecule has 2 aromatic heterocycles. The molecule has 1 N–H and O–H groups in total. The molecule has 168 valence electrons. The number of piperidine rings is 1. The first-order valence-corrected chi connectivity index (χ1v) is 12.5. The fourth-order valence-corrected chi connectivity index (χ4v) is 5.68. The second kappa shape index (κ2) is 9.40. The predicted molar refractivity (Wildman–Crippen MR) is 126 cm³/mol. The summed E-state index contributed by atoms with van der Waals surface area (Å²) in [6.45, 7) is 2.26. The maximum Gasteiger partial charge on any atom is 0.278 e. The van der Waals surface area contributed by atoms with Gasteiger partial charge in [-0.05, 0) is 56.9 Å². The molecule has 0 unspecified atom stereocenters. The molecule has 1 saturated heterocycles. The smallest absolute Gasteiger partial charge is 0.278 e. The monoisotopic (exact) mass is 451 g/mol. The van der Waals surface area contributed by atoms with Crippen molar-refractivity contribution in [3.63, 3.8) is 0 Å². The van der Waals surface area contributed by atoms with Gasteiger partial charge in [-0.15, -0.1) is 5.10 Å². The number of rotatable bonds is 6. The normalized spacial score (nSPS) is 16.8. The topological polar surface area (TPSA) is 79.6 Å². The van der Waals surface area contributed by atoms with Crippen LogP contribution in [-0.2, 0) is 24.1 Å². The van der Waals surface area contributed by atoms with Crippen LogP contribution in [0.15, 0.2) is 35.1 Å². The highest BCUT2D eigenvalue weighted by Crippen LogP contribution is 2.28. The van der Waals surface area contributed by atoms with Crippen LogP contribution in [-0.4, -0.2) is 40.1 Å². The summed E-state index contributed by atoms with van der Waals surface area (Å²) in [5, 5.41) is 8.53. The van der Waals surface area contributed by atoms with Gasteiger partial charge in [-0.25, -0.2) is 4.98 Å². The molecule has 7 nitrogen and oxygen atoms in total. The van der Waals surface area contributed by atoms with Crippen LogP contribution < -0.4 is 15.8 Å². The van der Waals surface area contributed by atoms with Gasteiger partial charge in [0, 0.05) is 31.1 Å². The van der Waals surface area contributed by atoms with E-state index in [1.165, 1.54) is 21.4 Å². The van der Waals surface area contributed by atoms with Crippen molar-refractivity contribution in [1.82, 2.24) is 19.9 Å². The summed E-state index contributed by atoms with van der Waals surface area (Å²) in [7, 11) is 0. The third kappa shape index (κ3) is 4.41. The summed E-state index contributed by atoms with van der Waals surface area (Å²) >= 11 is 1.48. The van der Waals surface area contributed by atoms with Gasteiger partial charge in [-0.1, -0.05) is 41.7 Å². The summed E-state index contributed by atoms with van der Waals surface area (Å²) in [6, 6.07) is 10.4. The van der Waals surface area contributed by atoms with E-state index in [9.17, 15) is 9.59 Å². The number of fused-ring (bicyclic) bond motifs is 2. The molecule has 0 atom stereocenters. The lowest BCUT2D eigenvalue weighted by Crippen LogP contribution is -2.41. The van der Waals surface area contributed by atoms with Crippen molar-refractivity contribution >= 4 is 27.3 Å². The number of hydrogen-bond acceptors (Lipinski definition) is 6. The Bertz CT molecular complexity index is 1150. The molecule has 3 aromatic rings. The molecule has 5 rings (SSSR count). The summed E-state index contributed by atoms with van der Waals surface area (Å²) in [5.74, 6) is 0.207. The summed E-state index contributed by atoms with van der Waals surface area (Å²) < 4.78 is 1.48. The third-order valence-electron chi connectivity index (χ3n) is 6.59. The predicted octanol–water partition coefficient (Wildman–Crippen LogP) is 3.00. The highest BCUT2D eigenvalue weighted by Gasteiger charge is 2.27. The Morgan fingerprint density at radius 2 is 1.91 bits per heavy atom. The standard InChI is InChI=1S/C24H29N5O2S/c30-21(25-14-6-9-17-7-2-1-3-8-17)18-12-15-28(16-13-18)24-27-29-22(31)19-10-4-5-11-20(19)26-23(29)32-24/h1-3,7-8,18H,4-6,9-16H2,(H,25,30). The van der Waals surface area contributed by atoms with Gasteiger partial charge < -0.3 is 10.2 Å². The minimum absolute atomic E-state index is 0.00281. The summed E-state index contributed by atoms with van der Waals surface area (Å²) in [4.78, 5) is 33.0. The van der Waals surface area contributed by atoms with Crippen LogP contribution in [0.2, 0.25) is 0 Å². The van der Waals surface area contributed by atoms with Crippen LogP contribution in [0, 0.1) is 5.92 Å². The number of nitrogens with one attached hydrogen (secondary N) is 1. The first-order valence-electron chi connectivity index (χ1n) is 11.7. The average molecular weight is 452 g/mol. The van der Waals surface area contributed by atoms with Gasteiger partial charge in [0.25, 0.3) is 5.56 Å². The number of nitrogens with zero attached hydrogens (tertiary/aromatic N) is 4. The van der Waals surface area contributed by atoms with Crippen molar-refractivity contribution in [3.8, 4) is 0 Å². The summed E-state index contributed by atoms with van der Waals surface area (Å²) in [6.07, 6.45) is 7.39. The van der Waals surface area contributed by atoms with Gasteiger partial charge in [0.2, 0.25) is 16.0 Å². The molecule has 0 spiro atoms. The molecule has 0 bridgehead atoms. The van der Waals surface area contributed by atoms with E-state index in [0.29, 0.717) is 11.5 Å². The van der Waals surface area contributed by atoms with E-state index in [4.69, 9.17) is 4.98 Å². The molecule has 3 heterocycles. The molecule has 1 aromatic carbocycles. The van der Waals surface area contributed by atoms with Crippen LogP contribution in [0.5, 0.6) is 0 Å². The van der Waals surface area contributed by atoms with Crippen LogP contribution >= 0.6 is 11.3 Å². The first-order chi connectivity index (χ1) is 15.7. The van der Waals surface area contributed by atoms with Gasteiger partial charge in [-0.3, -0.25) is 9.59 Å². The Morgan fingerprint density at radius 1 is 1.12 bits per heavy atom. The van der Waals surface area contributed by atoms with Gasteiger partial charge in [-0.2, -0.15) is 4.52 Å². The minimum atomic E-state index is -0.00281. The van der Waals surface area contributed by atoms with E-state index in [0.717, 1.165) is 80.8 Å². The van der Waals surface area contributed by atoms with E-state index in [-0.39, 0.29) is 17.4 Å². The zero-order valence-electron chi connectivity index (χ0n) is 18.3. The second-order valence-electron chi connectivity index (χ2n) is 8.77. The molecule has 1 aliphatic heterocycles. The number of hydrogen-bond donors (Lipinski definition) is 1. The van der Waals surface area contributed by atoms with Crippen molar-refractivity contribution in [2.45, 2.75) is 51.4 Å². The molecule has 1 aliphatic carbocycles. The molecule has 1 amide bonds. The fraction of sp³-hybridized carbons (Fsp3) is 0.500. The molecule has 0 saturated carbocycles. The third-order valence-corrected chi connectivity index (χ3v) is 7.56. The van der Waals surface area contributed by atoms with Gasteiger partial charge in [0.15, 0.2) is 0 Å². The largest absolute Gasteiger partial charge is 0.356 e.